The Morgan fingerprint density at radius 1 is 1.53 bits per heavy atom. The van der Waals surface area contributed by atoms with Gasteiger partial charge in [-0.05, 0) is 31.9 Å². The molecule has 1 aliphatic heterocycles. The number of benzene rings is 1. The molecule has 2 atom stereocenters. The fourth-order valence-electron chi connectivity index (χ4n) is 2.94. The van der Waals surface area contributed by atoms with Gasteiger partial charge < -0.3 is 10.6 Å². The first kappa shape index (κ1) is 9.22. The van der Waals surface area contributed by atoms with E-state index in [0.717, 1.165) is 13.1 Å². The molecule has 2 aliphatic rings. The maximum absolute atomic E-state index is 6.12. The molecule has 2 unspecified atom stereocenters. The lowest BCUT2D eigenvalue weighted by Gasteiger charge is -2.16. The van der Waals surface area contributed by atoms with Crippen LogP contribution in [-0.2, 0) is 5.41 Å². The second-order valence-corrected chi connectivity index (χ2v) is 5.00. The van der Waals surface area contributed by atoms with Crippen LogP contribution < -0.4 is 10.6 Å². The lowest BCUT2D eigenvalue weighted by Crippen LogP contribution is -2.27. The summed E-state index contributed by atoms with van der Waals surface area (Å²) in [5.41, 5.74) is 10.7. The minimum atomic E-state index is 0.303. The Kier molecular flexibility index (Phi) is 1.70. The third-order valence-electron chi connectivity index (χ3n) is 4.02. The van der Waals surface area contributed by atoms with Gasteiger partial charge in [-0.1, -0.05) is 17.7 Å². The van der Waals surface area contributed by atoms with E-state index < -0.39 is 0 Å². The van der Waals surface area contributed by atoms with Gasteiger partial charge in [0.1, 0.15) is 0 Å². The Morgan fingerprint density at radius 2 is 2.27 bits per heavy atom. The number of hydrogen-bond acceptors (Lipinski definition) is 2. The number of fused-ring (bicyclic) bond motifs is 2. The van der Waals surface area contributed by atoms with E-state index in [9.17, 15) is 0 Å². The second kappa shape index (κ2) is 2.76. The molecular weight excluding hydrogens is 184 g/mol. The number of hydrogen-bond donors (Lipinski definition) is 1. The summed E-state index contributed by atoms with van der Waals surface area (Å²) >= 11 is 0. The van der Waals surface area contributed by atoms with Gasteiger partial charge in [-0.15, -0.1) is 0 Å². The minimum Gasteiger partial charge on any atom is -0.371 e. The standard InChI is InChI=1S/C13H18N2/c1-3-15-8-13(7-12(13)14)10-6-9(2)4-5-11(10)15/h4-6,12H,3,7-8,14H2,1-2H3. The van der Waals surface area contributed by atoms with Crippen LogP contribution in [0.4, 0.5) is 5.69 Å². The van der Waals surface area contributed by atoms with Crippen LogP contribution in [0.15, 0.2) is 18.2 Å². The highest BCUT2D eigenvalue weighted by molar-refractivity contribution is 5.67. The van der Waals surface area contributed by atoms with E-state index in [-0.39, 0.29) is 0 Å². The zero-order valence-electron chi connectivity index (χ0n) is 9.46. The van der Waals surface area contributed by atoms with E-state index in [0.29, 0.717) is 11.5 Å². The molecule has 0 saturated heterocycles. The fraction of sp³-hybridized carbons (Fsp3) is 0.538. The largest absolute Gasteiger partial charge is 0.371 e. The predicted molar refractivity (Wildman–Crippen MR) is 63.3 cm³/mol. The smallest absolute Gasteiger partial charge is 0.0406 e. The molecule has 0 radical (unpaired) electrons. The van der Waals surface area contributed by atoms with Gasteiger partial charge in [-0.3, -0.25) is 0 Å². The molecule has 0 amide bonds. The van der Waals surface area contributed by atoms with Gasteiger partial charge in [-0.2, -0.15) is 0 Å². The van der Waals surface area contributed by atoms with Crippen LogP contribution in [0.2, 0.25) is 0 Å². The number of anilines is 1. The van der Waals surface area contributed by atoms with Gasteiger partial charge in [0.25, 0.3) is 0 Å². The minimum absolute atomic E-state index is 0.303. The molecule has 0 aromatic heterocycles. The monoisotopic (exact) mass is 202 g/mol. The summed E-state index contributed by atoms with van der Waals surface area (Å²) < 4.78 is 0. The summed E-state index contributed by atoms with van der Waals surface area (Å²) in [6, 6.07) is 7.18. The molecule has 1 aromatic rings. The highest BCUT2D eigenvalue weighted by atomic mass is 15.2. The molecule has 15 heavy (non-hydrogen) atoms. The van der Waals surface area contributed by atoms with Crippen LogP contribution in [0.1, 0.15) is 24.5 Å². The number of nitrogens with zero attached hydrogens (tertiary/aromatic N) is 1. The molecular formula is C13H18N2. The quantitative estimate of drug-likeness (QED) is 0.752. The molecule has 1 fully saturated rings. The van der Waals surface area contributed by atoms with Crippen LogP contribution in [0.3, 0.4) is 0 Å². The van der Waals surface area contributed by atoms with Crippen LogP contribution in [0, 0.1) is 6.92 Å². The predicted octanol–water partition coefficient (Wildman–Crippen LogP) is 1.80. The zero-order chi connectivity index (χ0) is 10.6. The Balaban J connectivity index is 2.13. The molecule has 1 aromatic carbocycles. The molecule has 1 aliphatic carbocycles. The molecule has 1 saturated carbocycles. The normalized spacial score (nSPS) is 32.2. The molecule has 2 heteroatoms. The van der Waals surface area contributed by atoms with E-state index in [1.165, 1.54) is 23.2 Å². The zero-order valence-corrected chi connectivity index (χ0v) is 9.46. The Hall–Kier alpha value is -1.02. The van der Waals surface area contributed by atoms with Gasteiger partial charge in [-0.25, -0.2) is 0 Å². The first-order valence-corrected chi connectivity index (χ1v) is 5.79. The Bertz CT molecular complexity index is 413. The highest BCUT2D eigenvalue weighted by Crippen LogP contribution is 2.55. The van der Waals surface area contributed by atoms with E-state index in [1.807, 2.05) is 0 Å². The first-order chi connectivity index (χ1) is 7.17. The number of likely N-dealkylation sites (N-methyl/N-ethyl adjacent to an activating group) is 1. The van der Waals surface area contributed by atoms with Crippen molar-refractivity contribution in [3.8, 4) is 0 Å². The van der Waals surface area contributed by atoms with Crippen LogP contribution in [-0.4, -0.2) is 19.1 Å². The Morgan fingerprint density at radius 3 is 2.87 bits per heavy atom. The maximum Gasteiger partial charge on any atom is 0.0406 e. The van der Waals surface area contributed by atoms with E-state index in [1.54, 1.807) is 0 Å². The lowest BCUT2D eigenvalue weighted by molar-refractivity contribution is 0.678. The molecule has 3 rings (SSSR count). The third-order valence-corrected chi connectivity index (χ3v) is 4.02. The second-order valence-electron chi connectivity index (χ2n) is 5.00. The molecule has 80 valence electrons. The summed E-state index contributed by atoms with van der Waals surface area (Å²) in [7, 11) is 0. The topological polar surface area (TPSA) is 29.3 Å². The lowest BCUT2D eigenvalue weighted by atomic mass is 9.96. The van der Waals surface area contributed by atoms with Gasteiger partial charge in [0, 0.05) is 30.2 Å². The summed E-state index contributed by atoms with van der Waals surface area (Å²) in [6.45, 7) is 6.60. The van der Waals surface area contributed by atoms with Crippen molar-refractivity contribution in [2.24, 2.45) is 5.73 Å². The Labute approximate surface area is 91.1 Å². The van der Waals surface area contributed by atoms with Crippen LogP contribution in [0.25, 0.3) is 0 Å². The molecule has 1 spiro atoms. The summed E-state index contributed by atoms with van der Waals surface area (Å²) in [5.74, 6) is 0. The molecule has 0 bridgehead atoms. The fourth-order valence-corrected chi connectivity index (χ4v) is 2.94. The van der Waals surface area contributed by atoms with E-state index >= 15 is 0 Å². The molecule has 2 nitrogen and oxygen atoms in total. The van der Waals surface area contributed by atoms with Gasteiger partial charge in [0.2, 0.25) is 0 Å². The van der Waals surface area contributed by atoms with Gasteiger partial charge >= 0.3 is 0 Å². The van der Waals surface area contributed by atoms with Crippen molar-refractivity contribution >= 4 is 5.69 Å². The molecule has 1 heterocycles. The van der Waals surface area contributed by atoms with Crippen molar-refractivity contribution in [2.45, 2.75) is 31.7 Å². The van der Waals surface area contributed by atoms with Gasteiger partial charge in [0.15, 0.2) is 0 Å². The van der Waals surface area contributed by atoms with E-state index in [4.69, 9.17) is 5.73 Å². The van der Waals surface area contributed by atoms with Gasteiger partial charge in [0.05, 0.1) is 0 Å². The summed E-state index contributed by atoms with van der Waals surface area (Å²) in [5, 5.41) is 0. The first-order valence-electron chi connectivity index (χ1n) is 5.79. The van der Waals surface area contributed by atoms with Crippen LogP contribution >= 0.6 is 0 Å². The average molecular weight is 202 g/mol. The number of rotatable bonds is 1. The van der Waals surface area contributed by atoms with Crippen molar-refractivity contribution in [3.05, 3.63) is 29.3 Å². The maximum atomic E-state index is 6.12. The molecule has 2 N–H and O–H groups in total. The van der Waals surface area contributed by atoms with Crippen LogP contribution in [0.5, 0.6) is 0 Å². The highest BCUT2D eigenvalue weighted by Gasteiger charge is 2.58. The third kappa shape index (κ3) is 1.08. The van der Waals surface area contributed by atoms with Crippen molar-refractivity contribution in [1.82, 2.24) is 0 Å². The number of aryl methyl sites for hydroxylation is 1. The van der Waals surface area contributed by atoms with Crippen molar-refractivity contribution < 1.29 is 0 Å². The van der Waals surface area contributed by atoms with Crippen molar-refractivity contribution in [3.63, 3.8) is 0 Å². The number of nitrogens with two attached hydrogens (primary N) is 1. The van der Waals surface area contributed by atoms with Crippen molar-refractivity contribution in [1.29, 1.82) is 0 Å². The summed E-state index contributed by atoms with van der Waals surface area (Å²) in [6.07, 6.45) is 1.17. The van der Waals surface area contributed by atoms with E-state index in [2.05, 4.69) is 36.9 Å². The summed E-state index contributed by atoms with van der Waals surface area (Å²) in [4.78, 5) is 2.46. The SMILES string of the molecule is CCN1CC2(CC2N)c2cc(C)ccc21. The average Bonchev–Trinajstić information content (AvgIpc) is 2.75. The van der Waals surface area contributed by atoms with Crippen molar-refractivity contribution in [2.75, 3.05) is 18.0 Å².